The first-order valence-electron chi connectivity index (χ1n) is 9.34. The number of nitrogens with zero attached hydrogens (tertiary/aromatic N) is 1. The van der Waals surface area contributed by atoms with Gasteiger partial charge >= 0.3 is 0 Å². The standard InChI is InChI=1S/C21H21NO7/c1-25-12-5-4-11-15(18(12)27-3)21(24)22-7-6-10-8-13(26-2)19-20(29-9-28-19)14(10)16(22)17(11)23/h4-5,8,16-17,23H,6-7,9H2,1-3H3/t16-,17+/m0/s1. The van der Waals surface area contributed by atoms with Crippen molar-refractivity contribution in [1.82, 2.24) is 4.90 Å². The summed E-state index contributed by atoms with van der Waals surface area (Å²) in [5, 5.41) is 11.3. The van der Waals surface area contributed by atoms with Crippen molar-refractivity contribution >= 4 is 5.91 Å². The number of carbonyl (C=O) groups excluding carboxylic acids is 1. The number of hydrogen-bond acceptors (Lipinski definition) is 7. The summed E-state index contributed by atoms with van der Waals surface area (Å²) in [6.07, 6.45) is -0.345. The normalized spacial score (nSPS) is 21.2. The van der Waals surface area contributed by atoms with Crippen LogP contribution in [0, 0.1) is 0 Å². The highest BCUT2D eigenvalue weighted by atomic mass is 16.7. The van der Waals surface area contributed by atoms with E-state index in [0.29, 0.717) is 52.8 Å². The number of aliphatic hydroxyl groups is 1. The quantitative estimate of drug-likeness (QED) is 0.847. The Morgan fingerprint density at radius 2 is 1.83 bits per heavy atom. The number of aliphatic hydroxyl groups excluding tert-OH is 1. The van der Waals surface area contributed by atoms with Crippen LogP contribution < -0.4 is 23.7 Å². The van der Waals surface area contributed by atoms with Crippen molar-refractivity contribution in [2.24, 2.45) is 0 Å². The van der Waals surface area contributed by atoms with E-state index in [-0.39, 0.29) is 12.7 Å². The molecule has 1 N–H and O–H groups in total. The monoisotopic (exact) mass is 399 g/mol. The van der Waals surface area contributed by atoms with Crippen LogP contribution in [-0.4, -0.2) is 50.6 Å². The van der Waals surface area contributed by atoms with Gasteiger partial charge in [-0.25, -0.2) is 0 Å². The van der Waals surface area contributed by atoms with Crippen LogP contribution in [0.2, 0.25) is 0 Å². The number of methoxy groups -OCH3 is 3. The van der Waals surface area contributed by atoms with E-state index in [9.17, 15) is 9.90 Å². The van der Waals surface area contributed by atoms with Crippen LogP contribution in [0.15, 0.2) is 18.2 Å². The lowest BCUT2D eigenvalue weighted by Gasteiger charge is -2.44. The van der Waals surface area contributed by atoms with E-state index in [1.165, 1.54) is 14.2 Å². The Morgan fingerprint density at radius 3 is 2.55 bits per heavy atom. The third-order valence-electron chi connectivity index (χ3n) is 5.88. The highest BCUT2D eigenvalue weighted by Gasteiger charge is 2.47. The summed E-state index contributed by atoms with van der Waals surface area (Å²) in [5.74, 6) is 2.20. The van der Waals surface area contributed by atoms with Gasteiger partial charge in [-0.3, -0.25) is 4.79 Å². The van der Waals surface area contributed by atoms with Gasteiger partial charge in [0.25, 0.3) is 5.91 Å². The van der Waals surface area contributed by atoms with Gasteiger partial charge in [-0.1, -0.05) is 6.07 Å². The Bertz CT molecular complexity index is 1020. The number of benzene rings is 2. The van der Waals surface area contributed by atoms with Crippen LogP contribution in [0.5, 0.6) is 28.7 Å². The van der Waals surface area contributed by atoms with Gasteiger partial charge in [-0.05, 0) is 29.7 Å². The molecule has 0 fully saturated rings. The maximum Gasteiger partial charge on any atom is 0.258 e. The fraction of sp³-hybridized carbons (Fsp3) is 0.381. The Morgan fingerprint density at radius 1 is 1.07 bits per heavy atom. The fourth-order valence-electron chi connectivity index (χ4n) is 4.61. The second-order valence-corrected chi connectivity index (χ2v) is 7.12. The number of rotatable bonds is 3. The van der Waals surface area contributed by atoms with E-state index in [2.05, 4.69) is 0 Å². The smallest absolute Gasteiger partial charge is 0.258 e. The number of ether oxygens (including phenoxy) is 5. The first-order valence-corrected chi connectivity index (χ1v) is 9.34. The molecule has 3 aliphatic heterocycles. The lowest BCUT2D eigenvalue weighted by molar-refractivity contribution is 0.0199. The minimum atomic E-state index is -0.955. The van der Waals surface area contributed by atoms with E-state index >= 15 is 0 Å². The molecule has 1 amide bonds. The lowest BCUT2D eigenvalue weighted by Crippen LogP contribution is -2.46. The molecule has 2 aromatic carbocycles. The average Bonchev–Trinajstić information content (AvgIpc) is 3.25. The summed E-state index contributed by atoms with van der Waals surface area (Å²) < 4.78 is 27.6. The van der Waals surface area contributed by atoms with E-state index in [1.807, 2.05) is 6.07 Å². The number of carbonyl (C=O) groups is 1. The third kappa shape index (κ3) is 2.32. The Balaban J connectivity index is 1.72. The number of amides is 1. The Kier molecular flexibility index (Phi) is 3.99. The zero-order chi connectivity index (χ0) is 20.3. The van der Waals surface area contributed by atoms with Crippen molar-refractivity contribution < 1.29 is 33.6 Å². The number of hydrogen-bond donors (Lipinski definition) is 1. The molecule has 0 aromatic heterocycles. The third-order valence-corrected chi connectivity index (χ3v) is 5.88. The van der Waals surface area contributed by atoms with Crippen molar-refractivity contribution in [1.29, 1.82) is 0 Å². The predicted molar refractivity (Wildman–Crippen MR) is 101 cm³/mol. The topological polar surface area (TPSA) is 86.7 Å². The van der Waals surface area contributed by atoms with Gasteiger partial charge in [0.15, 0.2) is 23.0 Å². The highest BCUT2D eigenvalue weighted by Crippen LogP contribution is 2.55. The molecule has 3 heterocycles. The molecular formula is C21H21NO7. The molecule has 8 nitrogen and oxygen atoms in total. The van der Waals surface area contributed by atoms with Gasteiger partial charge in [0, 0.05) is 12.1 Å². The second-order valence-electron chi connectivity index (χ2n) is 7.12. The van der Waals surface area contributed by atoms with E-state index in [4.69, 9.17) is 23.7 Å². The molecule has 5 rings (SSSR count). The van der Waals surface area contributed by atoms with Crippen molar-refractivity contribution in [2.75, 3.05) is 34.7 Å². The Labute approximate surface area is 167 Å². The minimum absolute atomic E-state index is 0.0700. The largest absolute Gasteiger partial charge is 0.493 e. The summed E-state index contributed by atoms with van der Waals surface area (Å²) in [7, 11) is 4.58. The molecule has 0 unspecified atom stereocenters. The van der Waals surface area contributed by atoms with Gasteiger partial charge in [0.05, 0.1) is 32.9 Å². The number of fused-ring (bicyclic) bond motifs is 6. The lowest BCUT2D eigenvalue weighted by atomic mass is 9.80. The zero-order valence-electron chi connectivity index (χ0n) is 16.4. The Hall–Kier alpha value is -3.13. The van der Waals surface area contributed by atoms with Gasteiger partial charge in [0.1, 0.15) is 6.10 Å². The SMILES string of the molecule is COc1cc2c(c3c1OCO3)[C@H]1[C@H](O)c3ccc(OC)c(OC)c3C(=O)N1CC2. The van der Waals surface area contributed by atoms with Crippen LogP contribution in [0.1, 0.15) is 39.2 Å². The molecule has 3 aliphatic rings. The maximum absolute atomic E-state index is 13.5. The highest BCUT2D eigenvalue weighted by molar-refractivity contribution is 6.01. The molecule has 0 bridgehead atoms. The molecule has 2 atom stereocenters. The van der Waals surface area contributed by atoms with Crippen molar-refractivity contribution in [3.8, 4) is 28.7 Å². The summed E-state index contributed by atoms with van der Waals surface area (Å²) in [4.78, 5) is 15.1. The molecule has 152 valence electrons. The molecule has 2 aromatic rings. The van der Waals surface area contributed by atoms with Crippen LogP contribution in [-0.2, 0) is 6.42 Å². The minimum Gasteiger partial charge on any atom is -0.493 e. The summed E-state index contributed by atoms with van der Waals surface area (Å²) >= 11 is 0. The average molecular weight is 399 g/mol. The second kappa shape index (κ2) is 6.45. The molecule has 0 spiro atoms. The predicted octanol–water partition coefficient (Wildman–Crippen LogP) is 2.23. The summed E-state index contributed by atoms with van der Waals surface area (Å²) in [6.45, 7) is 0.524. The van der Waals surface area contributed by atoms with Crippen LogP contribution >= 0.6 is 0 Å². The van der Waals surface area contributed by atoms with Gasteiger partial charge < -0.3 is 33.7 Å². The van der Waals surface area contributed by atoms with Gasteiger partial charge in [0.2, 0.25) is 12.5 Å². The molecule has 0 radical (unpaired) electrons. The van der Waals surface area contributed by atoms with Crippen molar-refractivity contribution in [3.63, 3.8) is 0 Å². The molecule has 0 saturated carbocycles. The molecule has 0 aliphatic carbocycles. The molecule has 29 heavy (non-hydrogen) atoms. The van der Waals surface area contributed by atoms with Gasteiger partial charge in [-0.15, -0.1) is 0 Å². The maximum atomic E-state index is 13.5. The van der Waals surface area contributed by atoms with Crippen LogP contribution in [0.25, 0.3) is 0 Å². The van der Waals surface area contributed by atoms with Crippen LogP contribution in [0.3, 0.4) is 0 Å². The molecule has 0 saturated heterocycles. The van der Waals surface area contributed by atoms with Gasteiger partial charge in [-0.2, -0.15) is 0 Å². The van der Waals surface area contributed by atoms with Crippen LogP contribution in [0.4, 0.5) is 0 Å². The summed E-state index contributed by atoms with van der Waals surface area (Å²) in [6, 6.07) is 4.73. The fourth-order valence-corrected chi connectivity index (χ4v) is 4.61. The van der Waals surface area contributed by atoms with Crippen molar-refractivity contribution in [2.45, 2.75) is 18.6 Å². The van der Waals surface area contributed by atoms with Crippen molar-refractivity contribution in [3.05, 3.63) is 40.5 Å². The summed E-state index contributed by atoms with van der Waals surface area (Å²) in [5.41, 5.74) is 2.58. The van der Waals surface area contributed by atoms with E-state index in [1.54, 1.807) is 24.1 Å². The zero-order valence-corrected chi connectivity index (χ0v) is 16.4. The molecule has 8 heteroatoms. The van der Waals surface area contributed by atoms with E-state index in [0.717, 1.165) is 11.1 Å². The molecular weight excluding hydrogens is 378 g/mol. The first-order chi connectivity index (χ1) is 14.1. The van der Waals surface area contributed by atoms with E-state index < -0.39 is 12.1 Å². The first kappa shape index (κ1) is 17.9.